The predicted octanol–water partition coefficient (Wildman–Crippen LogP) is 8.72. The maximum Gasteiger partial charge on any atom is 0.490 e. The number of halogens is 5. The highest BCUT2D eigenvalue weighted by Crippen LogP contribution is 2.37. The largest absolute Gasteiger partial charge is 0.497 e. The number of pyridine rings is 2. The second-order valence-corrected chi connectivity index (χ2v) is 15.4. The van der Waals surface area contributed by atoms with Crippen LogP contribution in [-0.4, -0.2) is 76.7 Å². The fourth-order valence-electron chi connectivity index (χ4n) is 7.17. The molecule has 12 nitrogen and oxygen atoms in total. The number of methoxy groups -OCH3 is 2. The smallest absolute Gasteiger partial charge is 0.490 e. The summed E-state index contributed by atoms with van der Waals surface area (Å²) in [6.07, 6.45) is -5.08. The Balaban J connectivity index is 0.000000845. The first-order chi connectivity index (χ1) is 29.5. The van der Waals surface area contributed by atoms with Crippen molar-refractivity contribution in [2.24, 2.45) is 0 Å². The van der Waals surface area contributed by atoms with Gasteiger partial charge in [0.2, 0.25) is 0 Å². The highest BCUT2D eigenvalue weighted by Gasteiger charge is 2.38. The number of aryl methyl sites for hydroxylation is 1. The van der Waals surface area contributed by atoms with Crippen LogP contribution in [0.25, 0.3) is 28.0 Å². The van der Waals surface area contributed by atoms with Gasteiger partial charge in [0.1, 0.15) is 29.0 Å². The van der Waals surface area contributed by atoms with Crippen molar-refractivity contribution in [3.8, 4) is 28.4 Å². The molecule has 7 rings (SSSR count). The molecule has 0 unspecified atom stereocenters. The number of nitrogens with one attached hydrogen (secondary N) is 1. The van der Waals surface area contributed by atoms with E-state index in [4.69, 9.17) is 45.9 Å². The molecular formula is C45H46ClF4N7O5. The number of nitrogens with zero attached hydrogens (tertiary/aromatic N) is 6. The fraction of sp³-hybridized carbons (Fsp3) is 0.311. The third-order valence-electron chi connectivity index (χ3n) is 10.3. The standard InChI is InChI=1S/C43H45ClFN7O3.C2HF3O2/c1-26(2)38-40(27(3)21-37(47-38)50(24-29-11-15-31(54-5)16-12-29)25-30-13-17-32(55-6)18-14-30)52-42-34(41(49-43(52)53)51-20-19-46-23-28(51)4)22-35(44)39(48-42)33-9-7-8-10-36(33)45;3-2(4,5)1(6)7/h7-18,21-22,26,28,46H,19-20,23-25H2,1-6H3;(H,6,7)/t28-;/m0./s1. The Bertz CT molecular complexity index is 2560. The van der Waals surface area contributed by atoms with E-state index in [0.29, 0.717) is 47.9 Å². The SMILES string of the molecule is COc1ccc(CN(Cc2ccc(OC)cc2)c2cc(C)c(-n3c(=O)nc(N4CCNC[C@@H]4C)c4cc(Cl)c(-c5ccccc5F)nc43)c(C(C)C)n2)cc1.O=C(O)C(F)(F)F. The number of carboxylic acid groups (broad SMARTS) is 1. The van der Waals surface area contributed by atoms with Gasteiger partial charge in [-0.25, -0.2) is 28.5 Å². The van der Waals surface area contributed by atoms with Crippen molar-refractivity contribution in [3.63, 3.8) is 0 Å². The van der Waals surface area contributed by atoms with Crippen LogP contribution in [0.2, 0.25) is 5.02 Å². The molecule has 1 aliphatic heterocycles. The monoisotopic (exact) mass is 875 g/mol. The minimum atomic E-state index is -5.08. The van der Waals surface area contributed by atoms with E-state index in [0.717, 1.165) is 47.1 Å². The Kier molecular flexibility index (Phi) is 14.0. The zero-order valence-corrected chi connectivity index (χ0v) is 35.7. The zero-order valence-electron chi connectivity index (χ0n) is 34.9. The number of aromatic nitrogens is 4. The minimum absolute atomic E-state index is 0.0565. The zero-order chi connectivity index (χ0) is 44.9. The van der Waals surface area contributed by atoms with Crippen LogP contribution in [-0.2, 0) is 17.9 Å². The van der Waals surface area contributed by atoms with Gasteiger partial charge in [-0.05, 0) is 85.0 Å². The topological polar surface area (TPSA) is 135 Å². The molecule has 0 saturated carbocycles. The molecule has 17 heteroatoms. The average molecular weight is 876 g/mol. The van der Waals surface area contributed by atoms with E-state index < -0.39 is 23.7 Å². The lowest BCUT2D eigenvalue weighted by Crippen LogP contribution is -2.50. The lowest BCUT2D eigenvalue weighted by atomic mass is 10.0. The molecule has 0 bridgehead atoms. The summed E-state index contributed by atoms with van der Waals surface area (Å²) in [6.45, 7) is 11.4. The number of aliphatic carboxylic acids is 1. The Morgan fingerprint density at radius 1 is 0.952 bits per heavy atom. The van der Waals surface area contributed by atoms with Crippen LogP contribution in [0.4, 0.5) is 29.2 Å². The van der Waals surface area contributed by atoms with Crippen LogP contribution in [0.15, 0.2) is 89.7 Å². The van der Waals surface area contributed by atoms with Crippen molar-refractivity contribution in [1.82, 2.24) is 24.8 Å². The van der Waals surface area contributed by atoms with Gasteiger partial charge in [-0.15, -0.1) is 0 Å². The number of benzene rings is 3. The Morgan fingerprint density at radius 3 is 2.05 bits per heavy atom. The van der Waals surface area contributed by atoms with Gasteiger partial charge in [-0.3, -0.25) is 0 Å². The van der Waals surface area contributed by atoms with E-state index >= 15 is 4.39 Å². The highest BCUT2D eigenvalue weighted by atomic mass is 35.5. The van der Waals surface area contributed by atoms with E-state index in [-0.39, 0.29) is 28.2 Å². The van der Waals surface area contributed by atoms with E-state index in [1.807, 2.05) is 61.5 Å². The van der Waals surface area contributed by atoms with Crippen LogP contribution in [0.3, 0.4) is 0 Å². The van der Waals surface area contributed by atoms with Crippen molar-refractivity contribution < 1.29 is 36.9 Å². The number of fused-ring (bicyclic) bond motifs is 1. The fourth-order valence-corrected chi connectivity index (χ4v) is 7.43. The van der Waals surface area contributed by atoms with Gasteiger partial charge >= 0.3 is 17.8 Å². The lowest BCUT2D eigenvalue weighted by Gasteiger charge is -2.35. The number of rotatable bonds is 11. The normalized spacial score (nSPS) is 14.1. The molecule has 3 aromatic carbocycles. The van der Waals surface area contributed by atoms with Gasteiger partial charge in [0.15, 0.2) is 5.65 Å². The van der Waals surface area contributed by atoms with Gasteiger partial charge in [-0.2, -0.15) is 18.2 Å². The Hall–Kier alpha value is -6.26. The Morgan fingerprint density at radius 2 is 1.53 bits per heavy atom. The highest BCUT2D eigenvalue weighted by molar-refractivity contribution is 6.33. The molecule has 0 radical (unpaired) electrons. The van der Waals surface area contributed by atoms with Gasteiger partial charge in [0, 0.05) is 44.3 Å². The molecular weight excluding hydrogens is 830 g/mol. The number of piperazine rings is 1. The first-order valence-electron chi connectivity index (χ1n) is 19.7. The van der Waals surface area contributed by atoms with Gasteiger partial charge in [0.25, 0.3) is 0 Å². The second-order valence-electron chi connectivity index (χ2n) is 15.0. The Labute approximate surface area is 360 Å². The van der Waals surface area contributed by atoms with E-state index in [1.54, 1.807) is 38.5 Å². The third-order valence-corrected chi connectivity index (χ3v) is 10.6. The first-order valence-corrected chi connectivity index (χ1v) is 20.1. The van der Waals surface area contributed by atoms with E-state index in [1.165, 1.54) is 10.6 Å². The predicted molar refractivity (Wildman–Crippen MR) is 231 cm³/mol. The summed E-state index contributed by atoms with van der Waals surface area (Å²) < 4.78 is 59.4. The number of alkyl halides is 3. The van der Waals surface area contributed by atoms with Crippen LogP contribution in [0.1, 0.15) is 49.1 Å². The number of hydrogen-bond acceptors (Lipinski definition) is 10. The molecule has 6 aromatic rings. The molecule has 326 valence electrons. The molecule has 3 aromatic heterocycles. The second kappa shape index (κ2) is 19.2. The molecule has 0 amide bonds. The summed E-state index contributed by atoms with van der Waals surface area (Å²) >= 11 is 6.92. The molecule has 0 aliphatic carbocycles. The molecule has 1 aliphatic rings. The van der Waals surface area contributed by atoms with E-state index in [9.17, 15) is 18.0 Å². The number of carbonyl (C=O) groups is 1. The summed E-state index contributed by atoms with van der Waals surface area (Å²) in [5, 5.41) is 11.4. The molecule has 62 heavy (non-hydrogen) atoms. The summed E-state index contributed by atoms with van der Waals surface area (Å²) in [7, 11) is 3.31. The summed E-state index contributed by atoms with van der Waals surface area (Å²) in [6, 6.07) is 26.2. The van der Waals surface area contributed by atoms with Crippen molar-refractivity contribution in [2.75, 3.05) is 43.7 Å². The van der Waals surface area contributed by atoms with Gasteiger partial charge < -0.3 is 29.7 Å². The van der Waals surface area contributed by atoms with Crippen molar-refractivity contribution in [1.29, 1.82) is 0 Å². The number of hydrogen-bond donors (Lipinski definition) is 2. The molecule has 1 saturated heterocycles. The average Bonchev–Trinajstić information content (AvgIpc) is 3.24. The van der Waals surface area contributed by atoms with Crippen LogP contribution in [0.5, 0.6) is 11.5 Å². The number of ether oxygens (including phenoxy) is 2. The van der Waals surface area contributed by atoms with E-state index in [2.05, 4.69) is 35.9 Å². The minimum Gasteiger partial charge on any atom is -0.497 e. The maximum absolute atomic E-state index is 15.3. The molecule has 2 N–H and O–H groups in total. The first kappa shape index (κ1) is 45.3. The molecule has 1 fully saturated rings. The quantitative estimate of drug-likeness (QED) is 0.121. The molecule has 0 spiro atoms. The molecule has 4 heterocycles. The lowest BCUT2D eigenvalue weighted by molar-refractivity contribution is -0.192. The number of anilines is 2. The molecule has 1 atom stereocenters. The van der Waals surface area contributed by atoms with Crippen LogP contribution < -0.4 is 30.3 Å². The summed E-state index contributed by atoms with van der Waals surface area (Å²) in [5.41, 5.74) is 4.55. The van der Waals surface area contributed by atoms with Crippen LogP contribution >= 0.6 is 11.6 Å². The third kappa shape index (κ3) is 10.1. The van der Waals surface area contributed by atoms with Gasteiger partial charge in [0.05, 0.1) is 41.7 Å². The van der Waals surface area contributed by atoms with Crippen LogP contribution in [0, 0.1) is 12.7 Å². The summed E-state index contributed by atoms with van der Waals surface area (Å²) in [5.74, 6) is -0.521. The van der Waals surface area contributed by atoms with Crippen molar-refractivity contribution in [2.45, 2.75) is 58.9 Å². The van der Waals surface area contributed by atoms with Crippen molar-refractivity contribution in [3.05, 3.63) is 129 Å². The van der Waals surface area contributed by atoms with Crippen molar-refractivity contribution >= 4 is 40.2 Å². The summed E-state index contributed by atoms with van der Waals surface area (Å²) in [4.78, 5) is 42.8. The maximum atomic E-state index is 15.3. The number of carboxylic acids is 1. The van der Waals surface area contributed by atoms with Gasteiger partial charge in [-0.1, -0.05) is 61.8 Å².